The second-order valence-corrected chi connectivity index (χ2v) is 4.92. The number of ether oxygens (including phenoxy) is 1. The van der Waals surface area contributed by atoms with E-state index in [0.717, 1.165) is 18.1 Å². The van der Waals surface area contributed by atoms with Gasteiger partial charge in [0.05, 0.1) is 12.7 Å². The molecule has 21 heavy (non-hydrogen) atoms. The van der Waals surface area contributed by atoms with Crippen LogP contribution in [0.2, 0.25) is 0 Å². The number of rotatable bonds is 6. The van der Waals surface area contributed by atoms with E-state index in [2.05, 4.69) is 0 Å². The molecule has 2 nitrogen and oxygen atoms in total. The lowest BCUT2D eigenvalue weighted by atomic mass is 9.99. The van der Waals surface area contributed by atoms with Crippen molar-refractivity contribution in [2.24, 2.45) is 0 Å². The van der Waals surface area contributed by atoms with Crippen LogP contribution in [0.15, 0.2) is 42.5 Å². The predicted octanol–water partition coefficient (Wildman–Crippen LogP) is 3.43. The molecule has 0 bridgehead atoms. The van der Waals surface area contributed by atoms with Crippen LogP contribution in [-0.4, -0.2) is 18.8 Å². The fourth-order valence-corrected chi connectivity index (χ4v) is 2.16. The van der Waals surface area contributed by atoms with E-state index in [1.807, 2.05) is 12.1 Å². The maximum absolute atomic E-state index is 13.6. The molecule has 0 aliphatic heterocycles. The van der Waals surface area contributed by atoms with Crippen molar-refractivity contribution in [3.05, 3.63) is 70.8 Å². The lowest BCUT2D eigenvalue weighted by Gasteiger charge is -2.12. The molecule has 0 heterocycles. The van der Waals surface area contributed by atoms with E-state index in [-0.39, 0.29) is 12.0 Å². The van der Waals surface area contributed by atoms with E-state index in [9.17, 15) is 13.9 Å². The first-order chi connectivity index (χ1) is 10.1. The maximum Gasteiger partial charge on any atom is 0.162 e. The molecular weight excluding hydrogens is 274 g/mol. The molecule has 2 rings (SSSR count). The normalized spacial score (nSPS) is 12.4. The van der Waals surface area contributed by atoms with Gasteiger partial charge in [0, 0.05) is 13.5 Å². The van der Waals surface area contributed by atoms with E-state index >= 15 is 0 Å². The molecular formula is C17H18F2O2. The van der Waals surface area contributed by atoms with E-state index in [1.54, 1.807) is 19.2 Å². The van der Waals surface area contributed by atoms with Gasteiger partial charge < -0.3 is 9.84 Å². The van der Waals surface area contributed by atoms with Crippen LogP contribution in [0.5, 0.6) is 0 Å². The molecule has 0 radical (unpaired) electrons. The Morgan fingerprint density at radius 1 is 1.10 bits per heavy atom. The third-order valence-corrected chi connectivity index (χ3v) is 3.40. The highest BCUT2D eigenvalue weighted by atomic mass is 19.2. The number of halogens is 2. The summed E-state index contributed by atoms with van der Waals surface area (Å²) in [4.78, 5) is 0. The molecule has 112 valence electrons. The number of aliphatic hydroxyl groups is 1. The minimum atomic E-state index is -0.895. The fraction of sp³-hybridized carbons (Fsp3) is 0.294. The number of hydrogen-bond donors (Lipinski definition) is 1. The Morgan fingerprint density at radius 3 is 2.48 bits per heavy atom. The van der Waals surface area contributed by atoms with E-state index in [1.165, 1.54) is 12.1 Å². The Balaban J connectivity index is 2.06. The summed E-state index contributed by atoms with van der Waals surface area (Å²) in [6.07, 6.45) is -0.0235. The Morgan fingerprint density at radius 2 is 1.81 bits per heavy atom. The monoisotopic (exact) mass is 292 g/mol. The molecule has 4 heteroatoms. The quantitative estimate of drug-likeness (QED) is 0.884. The van der Waals surface area contributed by atoms with Crippen molar-refractivity contribution in [2.45, 2.75) is 18.9 Å². The van der Waals surface area contributed by atoms with Crippen molar-refractivity contribution in [3.63, 3.8) is 0 Å². The van der Waals surface area contributed by atoms with Crippen molar-refractivity contribution in [2.75, 3.05) is 13.7 Å². The molecule has 0 aromatic heterocycles. The summed E-state index contributed by atoms with van der Waals surface area (Å²) in [6.45, 7) is 0.635. The molecule has 2 aromatic rings. The van der Waals surface area contributed by atoms with E-state index in [4.69, 9.17) is 4.74 Å². The summed E-state index contributed by atoms with van der Waals surface area (Å²) in [5, 5.41) is 10.1. The first-order valence-corrected chi connectivity index (χ1v) is 6.80. The van der Waals surface area contributed by atoms with Gasteiger partial charge in [0.15, 0.2) is 11.6 Å². The van der Waals surface area contributed by atoms with Crippen LogP contribution in [0, 0.1) is 11.6 Å². The molecule has 1 atom stereocenters. The zero-order valence-corrected chi connectivity index (χ0v) is 11.9. The van der Waals surface area contributed by atoms with Gasteiger partial charge in [0.1, 0.15) is 0 Å². The highest BCUT2D eigenvalue weighted by molar-refractivity contribution is 5.27. The van der Waals surface area contributed by atoms with Crippen LogP contribution in [0.1, 0.15) is 22.8 Å². The van der Waals surface area contributed by atoms with Gasteiger partial charge in [-0.2, -0.15) is 0 Å². The third-order valence-electron chi connectivity index (χ3n) is 3.40. The minimum Gasteiger partial charge on any atom is -0.388 e. The van der Waals surface area contributed by atoms with Crippen LogP contribution in [0.3, 0.4) is 0 Å². The Labute approximate surface area is 123 Å². The van der Waals surface area contributed by atoms with Gasteiger partial charge in [0.2, 0.25) is 0 Å². The zero-order chi connectivity index (χ0) is 15.2. The van der Waals surface area contributed by atoms with Gasteiger partial charge in [-0.15, -0.1) is 0 Å². The first kappa shape index (κ1) is 15.6. The molecule has 0 saturated heterocycles. The van der Waals surface area contributed by atoms with Crippen LogP contribution in [-0.2, 0) is 17.6 Å². The van der Waals surface area contributed by atoms with Crippen molar-refractivity contribution < 1.29 is 18.6 Å². The SMILES string of the molecule is COCCc1ccc(C(O)Cc2cccc(F)c2F)cc1. The van der Waals surface area contributed by atoms with Crippen LogP contribution < -0.4 is 0 Å². The highest BCUT2D eigenvalue weighted by Crippen LogP contribution is 2.21. The molecule has 1 unspecified atom stereocenters. The summed E-state index contributed by atoms with van der Waals surface area (Å²) in [6, 6.07) is 11.4. The van der Waals surface area contributed by atoms with Gasteiger partial charge in [-0.25, -0.2) is 8.78 Å². The third kappa shape index (κ3) is 4.09. The summed E-state index contributed by atoms with van der Waals surface area (Å²) in [5.74, 6) is -1.79. The number of benzene rings is 2. The van der Waals surface area contributed by atoms with Gasteiger partial charge in [-0.1, -0.05) is 36.4 Å². The molecule has 0 saturated carbocycles. The van der Waals surface area contributed by atoms with E-state index < -0.39 is 17.7 Å². The summed E-state index contributed by atoms with van der Waals surface area (Å²) >= 11 is 0. The number of methoxy groups -OCH3 is 1. The van der Waals surface area contributed by atoms with Gasteiger partial charge in [-0.05, 0) is 29.2 Å². The highest BCUT2D eigenvalue weighted by Gasteiger charge is 2.14. The second kappa shape index (κ2) is 7.29. The molecule has 0 aliphatic carbocycles. The zero-order valence-electron chi connectivity index (χ0n) is 11.9. The Bertz CT molecular complexity index is 582. The number of aliphatic hydroxyl groups excluding tert-OH is 1. The second-order valence-electron chi connectivity index (χ2n) is 4.92. The Hall–Kier alpha value is -1.78. The average molecular weight is 292 g/mol. The van der Waals surface area contributed by atoms with Crippen LogP contribution >= 0.6 is 0 Å². The average Bonchev–Trinajstić information content (AvgIpc) is 2.50. The van der Waals surface area contributed by atoms with Crippen molar-refractivity contribution in [3.8, 4) is 0 Å². The summed E-state index contributed by atoms with van der Waals surface area (Å²) in [7, 11) is 1.64. The smallest absolute Gasteiger partial charge is 0.162 e. The Kier molecular flexibility index (Phi) is 5.42. The van der Waals surface area contributed by atoms with Crippen molar-refractivity contribution in [1.29, 1.82) is 0 Å². The molecule has 2 aromatic carbocycles. The first-order valence-electron chi connectivity index (χ1n) is 6.80. The maximum atomic E-state index is 13.6. The minimum absolute atomic E-state index is 0.0427. The lowest BCUT2D eigenvalue weighted by Crippen LogP contribution is -2.05. The summed E-state index contributed by atoms with van der Waals surface area (Å²) in [5.41, 5.74) is 1.95. The van der Waals surface area contributed by atoms with Gasteiger partial charge in [0.25, 0.3) is 0 Å². The standard InChI is InChI=1S/C17H18F2O2/c1-21-10-9-12-5-7-13(8-6-12)16(20)11-14-3-2-4-15(18)17(14)19/h2-8,16,20H,9-11H2,1H3. The van der Waals surface area contributed by atoms with E-state index in [0.29, 0.717) is 12.2 Å². The lowest BCUT2D eigenvalue weighted by molar-refractivity contribution is 0.176. The molecule has 0 fully saturated rings. The van der Waals surface area contributed by atoms with Crippen molar-refractivity contribution in [1.82, 2.24) is 0 Å². The molecule has 0 spiro atoms. The molecule has 0 amide bonds. The number of hydrogen-bond acceptors (Lipinski definition) is 2. The summed E-state index contributed by atoms with van der Waals surface area (Å²) < 4.78 is 31.7. The van der Waals surface area contributed by atoms with Gasteiger partial charge >= 0.3 is 0 Å². The predicted molar refractivity (Wildman–Crippen MR) is 77.0 cm³/mol. The molecule has 1 N–H and O–H groups in total. The largest absolute Gasteiger partial charge is 0.388 e. The van der Waals surface area contributed by atoms with Crippen LogP contribution in [0.4, 0.5) is 8.78 Å². The topological polar surface area (TPSA) is 29.5 Å². The van der Waals surface area contributed by atoms with Crippen LogP contribution in [0.25, 0.3) is 0 Å². The van der Waals surface area contributed by atoms with Gasteiger partial charge in [-0.3, -0.25) is 0 Å². The molecule has 0 aliphatic rings. The van der Waals surface area contributed by atoms with Crippen molar-refractivity contribution >= 4 is 0 Å². The fourth-order valence-electron chi connectivity index (χ4n) is 2.16.